The van der Waals surface area contributed by atoms with Crippen LogP contribution in [0.4, 0.5) is 0 Å². The van der Waals surface area contributed by atoms with Crippen molar-refractivity contribution in [1.82, 2.24) is 5.32 Å². The smallest absolute Gasteiger partial charge is 0.133 e. The van der Waals surface area contributed by atoms with Gasteiger partial charge in [-0.25, -0.2) is 0 Å². The Kier molecular flexibility index (Phi) is 2.89. The molecule has 0 aliphatic carbocycles. The lowest BCUT2D eigenvalue weighted by atomic mass is 10.1. The van der Waals surface area contributed by atoms with Crippen molar-refractivity contribution in [3.05, 3.63) is 0 Å². The summed E-state index contributed by atoms with van der Waals surface area (Å²) in [5.74, 6) is 0. The second-order valence-electron chi connectivity index (χ2n) is 2.28. The number of nitrogens with zero attached hydrogens (tertiary/aromatic N) is 1. The van der Waals surface area contributed by atoms with Gasteiger partial charge >= 0.3 is 0 Å². The molecule has 9 heavy (non-hydrogen) atoms. The molecular weight excluding hydrogens is 116 g/mol. The zero-order valence-corrected chi connectivity index (χ0v) is 5.64. The first-order valence-corrected chi connectivity index (χ1v) is 2.72. The molecule has 0 saturated carbocycles. The van der Waals surface area contributed by atoms with Crippen molar-refractivity contribution in [3.63, 3.8) is 0 Å². The van der Waals surface area contributed by atoms with Crippen LogP contribution in [-0.2, 0) is 4.79 Å². The van der Waals surface area contributed by atoms with Gasteiger partial charge in [-0.3, -0.25) is 5.32 Å². The van der Waals surface area contributed by atoms with E-state index in [4.69, 9.17) is 5.26 Å². The Hall–Kier alpha value is -0.880. The van der Waals surface area contributed by atoms with E-state index >= 15 is 0 Å². The Morgan fingerprint density at radius 2 is 2.33 bits per heavy atom. The summed E-state index contributed by atoms with van der Waals surface area (Å²) in [6, 6.07) is 2.01. The molecule has 0 unspecified atom stereocenters. The Balaban J connectivity index is 3.61. The molecule has 0 fully saturated rings. The van der Waals surface area contributed by atoms with Crippen LogP contribution in [0.2, 0.25) is 0 Å². The zero-order chi connectivity index (χ0) is 7.33. The number of carbonyl (C=O) groups is 1. The number of nitrogens with one attached hydrogen (secondary N) is 1. The molecule has 3 nitrogen and oxygen atoms in total. The maximum atomic E-state index is 9.80. The minimum Gasteiger partial charge on any atom is -0.302 e. The number of hydrogen-bond donors (Lipinski definition) is 1. The van der Waals surface area contributed by atoms with Crippen LogP contribution >= 0.6 is 0 Å². The first kappa shape index (κ1) is 8.12. The van der Waals surface area contributed by atoms with Gasteiger partial charge in [0.1, 0.15) is 11.8 Å². The second kappa shape index (κ2) is 3.21. The Morgan fingerprint density at radius 1 is 1.78 bits per heavy atom. The minimum atomic E-state index is -0.582. The standard InChI is InChI=1S/C6H10N2O/c1-6(2,5-7)8-3-4-9/h4,8H,3H2,1-2H3. The highest BCUT2D eigenvalue weighted by Crippen LogP contribution is 1.95. The molecule has 0 aliphatic heterocycles. The number of carbonyl (C=O) groups excluding carboxylic acids is 1. The van der Waals surface area contributed by atoms with Crippen LogP contribution in [0.5, 0.6) is 0 Å². The first-order chi connectivity index (χ1) is 4.12. The Bertz CT molecular complexity index is 134. The van der Waals surface area contributed by atoms with E-state index in [9.17, 15) is 4.79 Å². The molecule has 0 atom stereocenters. The highest BCUT2D eigenvalue weighted by atomic mass is 16.1. The molecule has 0 rings (SSSR count). The fourth-order valence-electron chi connectivity index (χ4n) is 0.336. The molecule has 0 heterocycles. The van der Waals surface area contributed by atoms with Crippen molar-refractivity contribution < 1.29 is 4.79 Å². The van der Waals surface area contributed by atoms with Crippen molar-refractivity contribution in [2.45, 2.75) is 19.4 Å². The van der Waals surface area contributed by atoms with Crippen LogP contribution in [0.15, 0.2) is 0 Å². The zero-order valence-electron chi connectivity index (χ0n) is 5.64. The number of rotatable bonds is 3. The largest absolute Gasteiger partial charge is 0.302 e. The maximum Gasteiger partial charge on any atom is 0.133 e. The van der Waals surface area contributed by atoms with E-state index in [1.165, 1.54) is 0 Å². The molecule has 50 valence electrons. The van der Waals surface area contributed by atoms with E-state index in [-0.39, 0.29) is 6.54 Å². The normalized spacial score (nSPS) is 10.3. The SMILES string of the molecule is CC(C)(C#N)NCC=O. The lowest BCUT2D eigenvalue weighted by Crippen LogP contribution is -2.38. The summed E-state index contributed by atoms with van der Waals surface area (Å²) >= 11 is 0. The van der Waals surface area contributed by atoms with Crippen molar-refractivity contribution in [1.29, 1.82) is 5.26 Å². The third-order valence-corrected chi connectivity index (χ3v) is 0.907. The topological polar surface area (TPSA) is 52.9 Å². The van der Waals surface area contributed by atoms with E-state index in [0.29, 0.717) is 0 Å². The molecule has 0 saturated heterocycles. The van der Waals surface area contributed by atoms with Crippen molar-refractivity contribution >= 4 is 6.29 Å². The van der Waals surface area contributed by atoms with Gasteiger partial charge in [-0.2, -0.15) is 5.26 Å². The van der Waals surface area contributed by atoms with Crippen LogP contribution < -0.4 is 5.32 Å². The fraction of sp³-hybridized carbons (Fsp3) is 0.667. The van der Waals surface area contributed by atoms with Gasteiger partial charge in [-0.05, 0) is 13.8 Å². The lowest BCUT2D eigenvalue weighted by Gasteiger charge is -2.14. The molecule has 3 heteroatoms. The Labute approximate surface area is 54.7 Å². The molecular formula is C6H10N2O. The third-order valence-electron chi connectivity index (χ3n) is 0.907. The van der Waals surface area contributed by atoms with Crippen LogP contribution in [-0.4, -0.2) is 18.4 Å². The highest BCUT2D eigenvalue weighted by Gasteiger charge is 2.13. The summed E-state index contributed by atoms with van der Waals surface area (Å²) < 4.78 is 0. The predicted molar refractivity (Wildman–Crippen MR) is 33.8 cm³/mol. The summed E-state index contributed by atoms with van der Waals surface area (Å²) in [4.78, 5) is 9.80. The van der Waals surface area contributed by atoms with E-state index < -0.39 is 5.54 Å². The van der Waals surface area contributed by atoms with Crippen LogP contribution in [0.1, 0.15) is 13.8 Å². The summed E-state index contributed by atoms with van der Waals surface area (Å²) in [6.45, 7) is 3.67. The monoisotopic (exact) mass is 126 g/mol. The lowest BCUT2D eigenvalue weighted by molar-refractivity contribution is -0.107. The van der Waals surface area contributed by atoms with E-state index in [1.54, 1.807) is 13.8 Å². The minimum absolute atomic E-state index is 0.237. The van der Waals surface area contributed by atoms with Gasteiger partial charge in [0, 0.05) is 0 Å². The third kappa shape index (κ3) is 3.68. The highest BCUT2D eigenvalue weighted by molar-refractivity contribution is 5.52. The van der Waals surface area contributed by atoms with Crippen LogP contribution in [0.3, 0.4) is 0 Å². The maximum absolute atomic E-state index is 9.80. The molecule has 0 bridgehead atoms. The molecule has 0 radical (unpaired) electrons. The molecule has 0 aromatic rings. The van der Waals surface area contributed by atoms with Crippen LogP contribution in [0, 0.1) is 11.3 Å². The van der Waals surface area contributed by atoms with Gasteiger partial charge in [0.05, 0.1) is 12.6 Å². The summed E-state index contributed by atoms with van der Waals surface area (Å²) in [5.41, 5.74) is -0.582. The fourth-order valence-corrected chi connectivity index (χ4v) is 0.336. The second-order valence-corrected chi connectivity index (χ2v) is 2.28. The van der Waals surface area contributed by atoms with E-state index in [1.807, 2.05) is 6.07 Å². The first-order valence-electron chi connectivity index (χ1n) is 2.72. The van der Waals surface area contributed by atoms with E-state index in [2.05, 4.69) is 5.32 Å². The summed E-state index contributed by atoms with van der Waals surface area (Å²) in [6.07, 6.45) is 0.735. The Morgan fingerprint density at radius 3 is 2.67 bits per heavy atom. The van der Waals surface area contributed by atoms with Gasteiger partial charge in [-0.15, -0.1) is 0 Å². The molecule has 0 aliphatic rings. The predicted octanol–water partition coefficient (Wildman–Crippen LogP) is 0.0771. The molecule has 0 amide bonds. The van der Waals surface area contributed by atoms with E-state index in [0.717, 1.165) is 6.29 Å². The average molecular weight is 126 g/mol. The van der Waals surface area contributed by atoms with Crippen molar-refractivity contribution in [2.75, 3.05) is 6.54 Å². The quantitative estimate of drug-likeness (QED) is 0.545. The average Bonchev–Trinajstić information content (AvgIpc) is 1.84. The van der Waals surface area contributed by atoms with Crippen LogP contribution in [0.25, 0.3) is 0 Å². The molecule has 0 aromatic carbocycles. The number of hydrogen-bond acceptors (Lipinski definition) is 3. The summed E-state index contributed by atoms with van der Waals surface area (Å²) in [7, 11) is 0. The summed E-state index contributed by atoms with van der Waals surface area (Å²) in [5, 5.41) is 11.1. The number of nitriles is 1. The van der Waals surface area contributed by atoms with Crippen molar-refractivity contribution in [3.8, 4) is 6.07 Å². The molecule has 0 spiro atoms. The van der Waals surface area contributed by atoms with Gasteiger partial charge in [0.15, 0.2) is 0 Å². The van der Waals surface area contributed by atoms with Gasteiger partial charge in [-0.1, -0.05) is 0 Å². The van der Waals surface area contributed by atoms with Gasteiger partial charge < -0.3 is 4.79 Å². The van der Waals surface area contributed by atoms with Crippen molar-refractivity contribution in [2.24, 2.45) is 0 Å². The molecule has 0 aromatic heterocycles. The van der Waals surface area contributed by atoms with Gasteiger partial charge in [0.25, 0.3) is 0 Å². The van der Waals surface area contributed by atoms with Gasteiger partial charge in [0.2, 0.25) is 0 Å². The molecule has 1 N–H and O–H groups in total. The number of aldehydes is 1.